The molecule has 1 aliphatic rings. The molecule has 2 rings (SSSR count). The molecule has 3 heteroatoms. The zero-order chi connectivity index (χ0) is 14.9. The van der Waals surface area contributed by atoms with Gasteiger partial charge in [0.25, 0.3) is 0 Å². The molecule has 0 amide bonds. The Kier molecular flexibility index (Phi) is 4.52. The van der Waals surface area contributed by atoms with Crippen molar-refractivity contribution in [2.75, 3.05) is 14.1 Å². The molecule has 1 aromatic rings. The maximum absolute atomic E-state index is 5.99. The topological polar surface area (TPSA) is 41.3 Å². The van der Waals surface area contributed by atoms with Gasteiger partial charge in [0.2, 0.25) is 0 Å². The molecule has 3 N–H and O–H groups in total. The van der Waals surface area contributed by atoms with Crippen LogP contribution in [0.4, 0.5) is 0 Å². The van der Waals surface area contributed by atoms with Crippen LogP contribution < -0.4 is 11.3 Å². The van der Waals surface area contributed by atoms with E-state index >= 15 is 0 Å². The number of nitrogens with one attached hydrogen (secondary N) is 1. The van der Waals surface area contributed by atoms with E-state index in [4.69, 9.17) is 5.84 Å². The van der Waals surface area contributed by atoms with Crippen LogP contribution in [0.3, 0.4) is 0 Å². The highest BCUT2D eigenvalue weighted by atomic mass is 15.3. The van der Waals surface area contributed by atoms with Gasteiger partial charge < -0.3 is 4.90 Å². The third kappa shape index (κ3) is 2.50. The molecule has 1 unspecified atom stereocenters. The number of hydrazine groups is 1. The zero-order valence-corrected chi connectivity index (χ0v) is 13.6. The van der Waals surface area contributed by atoms with Crippen molar-refractivity contribution < 1.29 is 0 Å². The summed E-state index contributed by atoms with van der Waals surface area (Å²) in [5.74, 6) is 5.99. The van der Waals surface area contributed by atoms with Gasteiger partial charge in [-0.15, -0.1) is 0 Å². The second-order valence-corrected chi connectivity index (χ2v) is 6.60. The first-order valence-electron chi connectivity index (χ1n) is 7.63. The van der Waals surface area contributed by atoms with Gasteiger partial charge in [0.05, 0.1) is 6.04 Å². The number of hydrogen-bond donors (Lipinski definition) is 2. The summed E-state index contributed by atoms with van der Waals surface area (Å²) in [4.78, 5) is 2.37. The van der Waals surface area contributed by atoms with Crippen LogP contribution in [0.2, 0.25) is 0 Å². The summed E-state index contributed by atoms with van der Waals surface area (Å²) >= 11 is 0. The van der Waals surface area contributed by atoms with E-state index in [2.05, 4.69) is 57.3 Å². The van der Waals surface area contributed by atoms with Crippen LogP contribution in [0.25, 0.3) is 0 Å². The number of rotatable bonds is 4. The average molecular weight is 275 g/mol. The van der Waals surface area contributed by atoms with E-state index in [0.29, 0.717) is 0 Å². The largest absolute Gasteiger partial charge is 0.302 e. The minimum absolute atomic E-state index is 0.140. The highest BCUT2D eigenvalue weighted by Crippen LogP contribution is 2.44. The van der Waals surface area contributed by atoms with Crippen LogP contribution in [0, 0.1) is 20.8 Å². The molecule has 1 fully saturated rings. The SMILES string of the molecule is Cc1cc(C)c(C(NN)C2(N(C)C)CCCC2)cc1C. The maximum Gasteiger partial charge on any atom is 0.0646 e. The van der Waals surface area contributed by atoms with Crippen molar-refractivity contribution in [1.29, 1.82) is 0 Å². The summed E-state index contributed by atoms with van der Waals surface area (Å²) < 4.78 is 0. The molecule has 1 saturated carbocycles. The number of nitrogens with two attached hydrogens (primary N) is 1. The first-order chi connectivity index (χ1) is 9.42. The number of hydrogen-bond acceptors (Lipinski definition) is 3. The average Bonchev–Trinajstić information content (AvgIpc) is 2.87. The first kappa shape index (κ1) is 15.5. The van der Waals surface area contributed by atoms with E-state index in [1.807, 2.05) is 0 Å². The number of benzene rings is 1. The minimum atomic E-state index is 0.140. The predicted octanol–water partition coefficient (Wildman–Crippen LogP) is 2.99. The molecular weight excluding hydrogens is 246 g/mol. The molecule has 3 nitrogen and oxygen atoms in total. The van der Waals surface area contributed by atoms with E-state index in [-0.39, 0.29) is 11.6 Å². The zero-order valence-electron chi connectivity index (χ0n) is 13.6. The van der Waals surface area contributed by atoms with Crippen LogP contribution in [0.1, 0.15) is 54.0 Å². The Morgan fingerprint density at radius 1 is 1.05 bits per heavy atom. The quantitative estimate of drug-likeness (QED) is 0.655. The molecule has 0 saturated heterocycles. The highest BCUT2D eigenvalue weighted by molar-refractivity contribution is 5.40. The van der Waals surface area contributed by atoms with E-state index in [1.54, 1.807) is 0 Å². The fourth-order valence-corrected chi connectivity index (χ4v) is 3.81. The molecule has 0 radical (unpaired) electrons. The molecule has 0 heterocycles. The fourth-order valence-electron chi connectivity index (χ4n) is 3.81. The second kappa shape index (κ2) is 5.84. The summed E-state index contributed by atoms with van der Waals surface area (Å²) in [5, 5.41) is 0. The van der Waals surface area contributed by atoms with Gasteiger partial charge in [0, 0.05) is 5.54 Å². The van der Waals surface area contributed by atoms with Crippen LogP contribution >= 0.6 is 0 Å². The smallest absolute Gasteiger partial charge is 0.0646 e. The Bertz CT molecular complexity index is 473. The summed E-state index contributed by atoms with van der Waals surface area (Å²) in [6, 6.07) is 4.80. The van der Waals surface area contributed by atoms with Crippen molar-refractivity contribution >= 4 is 0 Å². The molecule has 0 spiro atoms. The van der Waals surface area contributed by atoms with Gasteiger partial charge in [-0.05, 0) is 70.0 Å². The fraction of sp³-hybridized carbons (Fsp3) is 0.647. The monoisotopic (exact) mass is 275 g/mol. The second-order valence-electron chi connectivity index (χ2n) is 6.60. The molecule has 1 aliphatic carbocycles. The third-order valence-electron chi connectivity index (χ3n) is 5.26. The lowest BCUT2D eigenvalue weighted by Gasteiger charge is -2.43. The molecule has 1 aromatic carbocycles. The van der Waals surface area contributed by atoms with Crippen molar-refractivity contribution in [2.45, 2.75) is 58.0 Å². The van der Waals surface area contributed by atoms with Crippen LogP contribution in [0.15, 0.2) is 12.1 Å². The molecule has 0 bridgehead atoms. The highest BCUT2D eigenvalue weighted by Gasteiger charge is 2.44. The molecular formula is C17H29N3. The van der Waals surface area contributed by atoms with E-state index in [9.17, 15) is 0 Å². The lowest BCUT2D eigenvalue weighted by Crippen LogP contribution is -2.53. The Morgan fingerprint density at radius 3 is 2.10 bits per heavy atom. The van der Waals surface area contributed by atoms with Crippen molar-refractivity contribution in [3.8, 4) is 0 Å². The standard InChI is InChI=1S/C17H29N3/c1-12-10-14(3)15(11-13(12)2)16(19-18)17(20(4)5)8-6-7-9-17/h10-11,16,19H,6-9,18H2,1-5H3. The Balaban J connectivity index is 2.49. The molecule has 112 valence electrons. The van der Waals surface area contributed by atoms with Gasteiger partial charge in [0.15, 0.2) is 0 Å². The van der Waals surface area contributed by atoms with Gasteiger partial charge in [0.1, 0.15) is 0 Å². The lowest BCUT2D eigenvalue weighted by molar-refractivity contribution is 0.104. The van der Waals surface area contributed by atoms with Gasteiger partial charge in [-0.2, -0.15) is 0 Å². The van der Waals surface area contributed by atoms with Gasteiger partial charge in [-0.1, -0.05) is 25.0 Å². The normalized spacial score (nSPS) is 19.6. The van der Waals surface area contributed by atoms with Crippen LogP contribution in [0.5, 0.6) is 0 Å². The third-order valence-corrected chi connectivity index (χ3v) is 5.26. The number of nitrogens with zero attached hydrogens (tertiary/aromatic N) is 1. The first-order valence-corrected chi connectivity index (χ1v) is 7.63. The van der Waals surface area contributed by atoms with Crippen molar-refractivity contribution in [3.63, 3.8) is 0 Å². The number of likely N-dealkylation sites (N-methyl/N-ethyl adjacent to an activating group) is 1. The van der Waals surface area contributed by atoms with Gasteiger partial charge >= 0.3 is 0 Å². The summed E-state index contributed by atoms with van der Waals surface area (Å²) in [6.45, 7) is 6.56. The number of aryl methyl sites for hydroxylation is 3. The minimum Gasteiger partial charge on any atom is -0.302 e. The summed E-state index contributed by atoms with van der Waals surface area (Å²) in [6.07, 6.45) is 5.00. The van der Waals surface area contributed by atoms with Crippen LogP contribution in [-0.4, -0.2) is 24.5 Å². The molecule has 20 heavy (non-hydrogen) atoms. The van der Waals surface area contributed by atoms with E-state index in [0.717, 1.165) is 0 Å². The van der Waals surface area contributed by atoms with Crippen molar-refractivity contribution in [1.82, 2.24) is 10.3 Å². The van der Waals surface area contributed by atoms with Gasteiger partial charge in [-0.25, -0.2) is 0 Å². The lowest BCUT2D eigenvalue weighted by atomic mass is 9.80. The summed E-state index contributed by atoms with van der Waals surface area (Å²) in [5.41, 5.74) is 8.66. The van der Waals surface area contributed by atoms with E-state index in [1.165, 1.54) is 47.9 Å². The van der Waals surface area contributed by atoms with E-state index < -0.39 is 0 Å². The molecule has 1 atom stereocenters. The van der Waals surface area contributed by atoms with Crippen molar-refractivity contribution in [2.24, 2.45) is 5.84 Å². The Morgan fingerprint density at radius 2 is 1.60 bits per heavy atom. The predicted molar refractivity (Wildman–Crippen MR) is 85.6 cm³/mol. The summed E-state index contributed by atoms with van der Waals surface area (Å²) in [7, 11) is 4.37. The van der Waals surface area contributed by atoms with Gasteiger partial charge in [-0.3, -0.25) is 11.3 Å². The van der Waals surface area contributed by atoms with Crippen LogP contribution in [-0.2, 0) is 0 Å². The van der Waals surface area contributed by atoms with Crippen molar-refractivity contribution in [3.05, 3.63) is 34.4 Å². The Labute approximate surface area is 123 Å². The maximum atomic E-state index is 5.99. The molecule has 0 aromatic heterocycles. The Hall–Kier alpha value is -0.900. The molecule has 0 aliphatic heterocycles.